The van der Waals surface area contributed by atoms with Gasteiger partial charge in [0.15, 0.2) is 0 Å². The number of nitriles is 1. The zero-order chi connectivity index (χ0) is 15.2. The van der Waals surface area contributed by atoms with Crippen LogP contribution in [0, 0.1) is 27.4 Å². The molecule has 0 aliphatic carbocycles. The van der Waals surface area contributed by atoms with E-state index in [1.807, 2.05) is 11.9 Å². The number of rotatable bonds is 5. The number of anilines is 1. The molecule has 1 saturated heterocycles. The molecule has 0 aromatic heterocycles. The quantitative estimate of drug-likeness (QED) is 0.664. The van der Waals surface area contributed by atoms with Crippen molar-refractivity contribution in [1.29, 1.82) is 5.26 Å². The fourth-order valence-electron chi connectivity index (χ4n) is 2.81. The molecule has 1 N–H and O–H groups in total. The number of benzene rings is 1. The average Bonchev–Trinajstić information content (AvgIpc) is 2.52. The first-order valence-corrected chi connectivity index (χ1v) is 7.23. The second-order valence-electron chi connectivity index (χ2n) is 5.40. The SMILES string of the molecule is CNCCC1CCN(c2cc(C#N)ccc2[N+](=O)[O-])CC1. The van der Waals surface area contributed by atoms with Gasteiger partial charge in [0.25, 0.3) is 5.69 Å². The molecule has 0 saturated carbocycles. The maximum absolute atomic E-state index is 11.2. The number of nitro benzene ring substituents is 1. The van der Waals surface area contributed by atoms with Gasteiger partial charge in [0.05, 0.1) is 16.6 Å². The van der Waals surface area contributed by atoms with Gasteiger partial charge in [-0.05, 0) is 50.9 Å². The second-order valence-corrected chi connectivity index (χ2v) is 5.40. The van der Waals surface area contributed by atoms with E-state index in [0.29, 0.717) is 17.2 Å². The van der Waals surface area contributed by atoms with Gasteiger partial charge in [0.2, 0.25) is 0 Å². The zero-order valence-corrected chi connectivity index (χ0v) is 12.2. The maximum Gasteiger partial charge on any atom is 0.292 e. The molecule has 0 atom stereocenters. The van der Waals surface area contributed by atoms with E-state index < -0.39 is 0 Å². The largest absolute Gasteiger partial charge is 0.366 e. The molecule has 0 radical (unpaired) electrons. The Morgan fingerprint density at radius 1 is 1.48 bits per heavy atom. The number of nitrogens with zero attached hydrogens (tertiary/aromatic N) is 3. The maximum atomic E-state index is 11.2. The van der Waals surface area contributed by atoms with Crippen LogP contribution >= 0.6 is 0 Å². The van der Waals surface area contributed by atoms with Crippen molar-refractivity contribution in [2.45, 2.75) is 19.3 Å². The normalized spacial score (nSPS) is 15.7. The summed E-state index contributed by atoms with van der Waals surface area (Å²) in [5.74, 6) is 0.673. The van der Waals surface area contributed by atoms with Crippen molar-refractivity contribution < 1.29 is 4.92 Å². The summed E-state index contributed by atoms with van der Waals surface area (Å²) in [6.07, 6.45) is 3.22. The van der Waals surface area contributed by atoms with E-state index in [9.17, 15) is 10.1 Å². The Kier molecular flexibility index (Phi) is 5.12. The van der Waals surface area contributed by atoms with E-state index in [1.165, 1.54) is 12.1 Å². The molecule has 1 heterocycles. The van der Waals surface area contributed by atoms with Gasteiger partial charge in [0, 0.05) is 19.2 Å². The molecule has 1 fully saturated rings. The van der Waals surface area contributed by atoms with Crippen molar-refractivity contribution in [2.75, 3.05) is 31.6 Å². The predicted octanol–water partition coefficient (Wildman–Crippen LogP) is 2.29. The summed E-state index contributed by atoms with van der Waals surface area (Å²) in [6.45, 7) is 2.63. The Morgan fingerprint density at radius 3 is 2.76 bits per heavy atom. The van der Waals surface area contributed by atoms with E-state index in [0.717, 1.165) is 38.9 Å². The minimum atomic E-state index is -0.371. The molecule has 6 nitrogen and oxygen atoms in total. The molecule has 2 rings (SSSR count). The van der Waals surface area contributed by atoms with E-state index in [2.05, 4.69) is 11.4 Å². The number of piperidine rings is 1. The Bertz CT molecular complexity index is 545. The first-order valence-electron chi connectivity index (χ1n) is 7.23. The summed E-state index contributed by atoms with van der Waals surface area (Å²) in [7, 11) is 1.95. The van der Waals surface area contributed by atoms with E-state index in [-0.39, 0.29) is 10.6 Å². The van der Waals surface area contributed by atoms with Crippen molar-refractivity contribution in [1.82, 2.24) is 5.32 Å². The van der Waals surface area contributed by atoms with Gasteiger partial charge < -0.3 is 10.2 Å². The standard InChI is InChI=1S/C15H20N4O2/c1-17-7-4-12-5-8-18(9-6-12)15-10-13(11-16)2-3-14(15)19(20)21/h2-3,10,12,17H,4-9H2,1H3. The van der Waals surface area contributed by atoms with Crippen molar-refractivity contribution in [3.63, 3.8) is 0 Å². The van der Waals surface area contributed by atoms with Crippen molar-refractivity contribution in [3.8, 4) is 6.07 Å². The monoisotopic (exact) mass is 288 g/mol. The molecular weight excluding hydrogens is 268 g/mol. The highest BCUT2D eigenvalue weighted by molar-refractivity contribution is 5.66. The van der Waals surface area contributed by atoms with Gasteiger partial charge in [-0.25, -0.2) is 0 Å². The third-order valence-electron chi connectivity index (χ3n) is 4.06. The topological polar surface area (TPSA) is 82.2 Å². The molecule has 112 valence electrons. The molecule has 1 aliphatic heterocycles. The highest BCUT2D eigenvalue weighted by Gasteiger charge is 2.24. The van der Waals surface area contributed by atoms with Crippen molar-refractivity contribution in [3.05, 3.63) is 33.9 Å². The van der Waals surface area contributed by atoms with Crippen LogP contribution in [-0.4, -0.2) is 31.6 Å². The summed E-state index contributed by atoms with van der Waals surface area (Å²) in [5.41, 5.74) is 1.13. The van der Waals surface area contributed by atoms with Gasteiger partial charge in [-0.15, -0.1) is 0 Å². The lowest BCUT2D eigenvalue weighted by molar-refractivity contribution is -0.384. The Balaban J connectivity index is 2.12. The summed E-state index contributed by atoms with van der Waals surface area (Å²) < 4.78 is 0. The molecule has 1 aromatic rings. The van der Waals surface area contributed by atoms with Crippen LogP contribution in [-0.2, 0) is 0 Å². The number of hydrogen-bond acceptors (Lipinski definition) is 5. The highest BCUT2D eigenvalue weighted by atomic mass is 16.6. The van der Waals surface area contributed by atoms with E-state index in [4.69, 9.17) is 5.26 Å². The van der Waals surface area contributed by atoms with Gasteiger partial charge in [-0.3, -0.25) is 10.1 Å². The minimum absolute atomic E-state index is 0.0858. The summed E-state index contributed by atoms with van der Waals surface area (Å²) >= 11 is 0. The van der Waals surface area contributed by atoms with Crippen molar-refractivity contribution >= 4 is 11.4 Å². The highest BCUT2D eigenvalue weighted by Crippen LogP contribution is 2.32. The van der Waals surface area contributed by atoms with Crippen LogP contribution in [0.4, 0.5) is 11.4 Å². The Morgan fingerprint density at radius 2 is 2.19 bits per heavy atom. The van der Waals surface area contributed by atoms with Crippen LogP contribution in [0.25, 0.3) is 0 Å². The number of nitrogens with one attached hydrogen (secondary N) is 1. The van der Waals surface area contributed by atoms with E-state index in [1.54, 1.807) is 6.07 Å². The van der Waals surface area contributed by atoms with Crippen LogP contribution in [0.15, 0.2) is 18.2 Å². The molecule has 0 amide bonds. The minimum Gasteiger partial charge on any atom is -0.366 e. The summed E-state index contributed by atoms with van der Waals surface area (Å²) in [4.78, 5) is 12.8. The first kappa shape index (κ1) is 15.3. The van der Waals surface area contributed by atoms with Crippen LogP contribution in [0.2, 0.25) is 0 Å². The van der Waals surface area contributed by atoms with Gasteiger partial charge in [0.1, 0.15) is 5.69 Å². The van der Waals surface area contributed by atoms with Gasteiger partial charge in [-0.1, -0.05) is 0 Å². The average molecular weight is 288 g/mol. The van der Waals surface area contributed by atoms with Gasteiger partial charge >= 0.3 is 0 Å². The number of hydrogen-bond donors (Lipinski definition) is 1. The van der Waals surface area contributed by atoms with Crippen LogP contribution < -0.4 is 10.2 Å². The zero-order valence-electron chi connectivity index (χ0n) is 12.2. The molecule has 0 bridgehead atoms. The Hall–Kier alpha value is -2.13. The molecular formula is C15H20N4O2. The summed E-state index contributed by atoms with van der Waals surface area (Å²) in [5, 5.41) is 23.3. The molecule has 1 aliphatic rings. The molecule has 6 heteroatoms. The molecule has 1 aromatic carbocycles. The number of nitro groups is 1. The molecule has 0 unspecified atom stereocenters. The summed E-state index contributed by atoms with van der Waals surface area (Å²) in [6, 6.07) is 6.62. The van der Waals surface area contributed by atoms with Crippen LogP contribution in [0.5, 0.6) is 0 Å². The third kappa shape index (κ3) is 3.70. The lowest BCUT2D eigenvalue weighted by Crippen LogP contribution is -2.34. The lowest BCUT2D eigenvalue weighted by Gasteiger charge is -2.33. The first-order chi connectivity index (χ1) is 10.2. The smallest absolute Gasteiger partial charge is 0.292 e. The van der Waals surface area contributed by atoms with Crippen LogP contribution in [0.3, 0.4) is 0 Å². The second kappa shape index (κ2) is 7.04. The third-order valence-corrected chi connectivity index (χ3v) is 4.06. The fraction of sp³-hybridized carbons (Fsp3) is 0.533. The predicted molar refractivity (Wildman–Crippen MR) is 81.3 cm³/mol. The molecule has 0 spiro atoms. The Labute approximate surface area is 124 Å². The van der Waals surface area contributed by atoms with Crippen molar-refractivity contribution in [2.24, 2.45) is 5.92 Å². The van der Waals surface area contributed by atoms with Gasteiger partial charge in [-0.2, -0.15) is 5.26 Å². The lowest BCUT2D eigenvalue weighted by atomic mass is 9.93. The molecule has 21 heavy (non-hydrogen) atoms. The van der Waals surface area contributed by atoms with E-state index >= 15 is 0 Å². The fourth-order valence-corrected chi connectivity index (χ4v) is 2.81. The van der Waals surface area contributed by atoms with Crippen LogP contribution in [0.1, 0.15) is 24.8 Å².